The van der Waals surface area contributed by atoms with Gasteiger partial charge in [0.25, 0.3) is 0 Å². The van der Waals surface area contributed by atoms with Crippen LogP contribution in [0.4, 0.5) is 0 Å². The maximum absolute atomic E-state index is 10.5. The van der Waals surface area contributed by atoms with Gasteiger partial charge in [0.2, 0.25) is 0 Å². The zero-order valence-corrected chi connectivity index (χ0v) is 8.06. The van der Waals surface area contributed by atoms with Crippen LogP contribution >= 0.6 is 0 Å². The van der Waals surface area contributed by atoms with Crippen molar-refractivity contribution in [2.75, 3.05) is 0 Å². The molecule has 0 saturated heterocycles. The number of hydrogen-bond acceptors (Lipinski definition) is 2. The minimum absolute atomic E-state index is 0.0107. The molecule has 0 heterocycles. The molecule has 15 heavy (non-hydrogen) atoms. The van der Waals surface area contributed by atoms with E-state index in [0.29, 0.717) is 5.56 Å². The van der Waals surface area contributed by atoms with Gasteiger partial charge in [0.15, 0.2) is 0 Å². The molecule has 3 heteroatoms. The van der Waals surface area contributed by atoms with E-state index in [4.69, 9.17) is 5.11 Å². The zero-order chi connectivity index (χ0) is 11.1. The van der Waals surface area contributed by atoms with Gasteiger partial charge in [0.05, 0.1) is 12.8 Å². The Morgan fingerprint density at radius 2 is 2.27 bits per heavy atom. The van der Waals surface area contributed by atoms with Crippen molar-refractivity contribution in [1.82, 2.24) is 0 Å². The Hall–Kier alpha value is -2.08. The number of carboxylic acid groups (broad SMARTS) is 1. The fourth-order valence-electron chi connectivity index (χ4n) is 1.13. The van der Waals surface area contributed by atoms with Crippen LogP contribution in [0.1, 0.15) is 17.5 Å². The smallest absolute Gasteiger partial charge is 0.307 e. The number of carbonyl (C=O) groups excluding carboxylic acids is 1. The molecule has 0 amide bonds. The lowest BCUT2D eigenvalue weighted by Gasteiger charge is -1.96. The minimum atomic E-state index is -0.868. The van der Waals surface area contributed by atoms with Crippen LogP contribution < -0.4 is 0 Å². The molecule has 0 aliphatic carbocycles. The number of hydrogen-bond donors (Lipinski definition) is 1. The highest BCUT2D eigenvalue weighted by Gasteiger charge is 1.99. The summed E-state index contributed by atoms with van der Waals surface area (Å²) >= 11 is 0. The quantitative estimate of drug-likeness (QED) is 0.593. The topological polar surface area (TPSA) is 54.4 Å². The number of carboxylic acids is 1. The van der Waals surface area contributed by atoms with Gasteiger partial charge in [-0.3, -0.25) is 4.79 Å². The SMILES string of the molecule is O=CCC#Cc1cccc(CC(=O)O)c1. The van der Waals surface area contributed by atoms with E-state index in [1.807, 2.05) is 0 Å². The standard InChI is InChI=1S/C12H10O3/c13-7-2-1-4-10-5-3-6-11(8-10)9-12(14)15/h3,5-8H,2,9H2,(H,14,15). The third-order valence-electron chi connectivity index (χ3n) is 1.70. The van der Waals surface area contributed by atoms with E-state index in [2.05, 4.69) is 11.8 Å². The van der Waals surface area contributed by atoms with Crippen molar-refractivity contribution in [3.63, 3.8) is 0 Å². The van der Waals surface area contributed by atoms with E-state index in [-0.39, 0.29) is 12.8 Å². The monoisotopic (exact) mass is 202 g/mol. The van der Waals surface area contributed by atoms with E-state index in [1.165, 1.54) is 0 Å². The largest absolute Gasteiger partial charge is 0.481 e. The molecule has 0 spiro atoms. The van der Waals surface area contributed by atoms with Gasteiger partial charge in [0, 0.05) is 5.56 Å². The lowest BCUT2D eigenvalue weighted by atomic mass is 10.1. The van der Waals surface area contributed by atoms with E-state index in [1.54, 1.807) is 24.3 Å². The van der Waals surface area contributed by atoms with Crippen LogP contribution in [0.3, 0.4) is 0 Å². The molecule has 0 unspecified atom stereocenters. The average Bonchev–Trinajstić information content (AvgIpc) is 2.18. The Bertz CT molecular complexity index is 424. The Balaban J connectivity index is 2.79. The van der Waals surface area contributed by atoms with Crippen LogP contribution in [0.5, 0.6) is 0 Å². The summed E-state index contributed by atoms with van der Waals surface area (Å²) < 4.78 is 0. The molecule has 1 aromatic rings. The second-order valence-corrected chi connectivity index (χ2v) is 2.94. The first-order valence-electron chi connectivity index (χ1n) is 4.45. The minimum Gasteiger partial charge on any atom is -0.481 e. The summed E-state index contributed by atoms with van der Waals surface area (Å²) in [5.41, 5.74) is 1.44. The molecule has 0 bridgehead atoms. The van der Waals surface area contributed by atoms with Crippen LogP contribution in [-0.4, -0.2) is 17.4 Å². The lowest BCUT2D eigenvalue weighted by molar-refractivity contribution is -0.136. The van der Waals surface area contributed by atoms with Crippen LogP contribution in [0, 0.1) is 11.8 Å². The number of carbonyl (C=O) groups is 2. The second kappa shape index (κ2) is 5.61. The first-order chi connectivity index (χ1) is 7.22. The zero-order valence-electron chi connectivity index (χ0n) is 8.06. The highest BCUT2D eigenvalue weighted by atomic mass is 16.4. The first-order valence-corrected chi connectivity index (χ1v) is 4.45. The highest BCUT2D eigenvalue weighted by molar-refractivity contribution is 5.70. The molecule has 1 N–H and O–H groups in total. The van der Waals surface area contributed by atoms with Gasteiger partial charge in [-0.05, 0) is 17.7 Å². The number of aliphatic carboxylic acids is 1. The van der Waals surface area contributed by atoms with Crippen molar-refractivity contribution in [3.05, 3.63) is 35.4 Å². The number of aldehydes is 1. The summed E-state index contributed by atoms with van der Waals surface area (Å²) in [6.07, 6.45) is 0.917. The molecule has 0 radical (unpaired) electrons. The molecule has 76 valence electrons. The van der Waals surface area contributed by atoms with E-state index in [9.17, 15) is 9.59 Å². The Labute approximate surface area is 87.7 Å². The van der Waals surface area contributed by atoms with Gasteiger partial charge in [0.1, 0.15) is 6.29 Å². The van der Waals surface area contributed by atoms with Gasteiger partial charge < -0.3 is 9.90 Å². The fourth-order valence-corrected chi connectivity index (χ4v) is 1.13. The highest BCUT2D eigenvalue weighted by Crippen LogP contribution is 2.04. The van der Waals surface area contributed by atoms with Gasteiger partial charge in [-0.2, -0.15) is 0 Å². The Morgan fingerprint density at radius 1 is 1.47 bits per heavy atom. The lowest BCUT2D eigenvalue weighted by Crippen LogP contribution is -1.99. The van der Waals surface area contributed by atoms with E-state index in [0.717, 1.165) is 11.8 Å². The van der Waals surface area contributed by atoms with Gasteiger partial charge in [-0.15, -0.1) is 0 Å². The number of rotatable bonds is 3. The summed E-state index contributed by atoms with van der Waals surface area (Å²) in [6.45, 7) is 0. The van der Waals surface area contributed by atoms with Crippen molar-refractivity contribution >= 4 is 12.3 Å². The van der Waals surface area contributed by atoms with Crippen LogP contribution in [0.2, 0.25) is 0 Å². The third kappa shape index (κ3) is 4.10. The number of benzene rings is 1. The second-order valence-electron chi connectivity index (χ2n) is 2.94. The molecule has 1 rings (SSSR count). The van der Waals surface area contributed by atoms with Gasteiger partial charge in [-0.1, -0.05) is 24.0 Å². The molecule has 0 fully saturated rings. The molecule has 0 aliphatic heterocycles. The molecular weight excluding hydrogens is 192 g/mol. The molecule has 0 saturated carbocycles. The van der Waals surface area contributed by atoms with Crippen LogP contribution in [0.25, 0.3) is 0 Å². The van der Waals surface area contributed by atoms with E-state index < -0.39 is 5.97 Å². The molecule has 0 aliphatic rings. The predicted molar refractivity (Wildman–Crippen MR) is 55.3 cm³/mol. The summed E-state index contributed by atoms with van der Waals surface area (Å²) in [6, 6.07) is 6.98. The average molecular weight is 202 g/mol. The molecule has 1 aromatic carbocycles. The van der Waals surface area contributed by atoms with Crippen molar-refractivity contribution in [2.24, 2.45) is 0 Å². The Kier molecular flexibility index (Phi) is 4.11. The van der Waals surface area contributed by atoms with Gasteiger partial charge >= 0.3 is 5.97 Å². The summed E-state index contributed by atoms with van der Waals surface area (Å²) in [5.74, 6) is 4.58. The molecule has 0 atom stereocenters. The molecule has 0 aromatic heterocycles. The summed E-state index contributed by atoms with van der Waals surface area (Å²) in [5, 5.41) is 8.59. The van der Waals surface area contributed by atoms with Crippen molar-refractivity contribution in [2.45, 2.75) is 12.8 Å². The normalized spacial score (nSPS) is 8.80. The maximum Gasteiger partial charge on any atom is 0.307 e. The summed E-state index contributed by atoms with van der Waals surface area (Å²) in [4.78, 5) is 20.5. The third-order valence-corrected chi connectivity index (χ3v) is 1.70. The van der Waals surface area contributed by atoms with Crippen LogP contribution in [0.15, 0.2) is 24.3 Å². The predicted octanol–water partition coefficient (Wildman–Crippen LogP) is 1.25. The fraction of sp³-hybridized carbons (Fsp3) is 0.167. The van der Waals surface area contributed by atoms with Gasteiger partial charge in [-0.25, -0.2) is 0 Å². The maximum atomic E-state index is 10.5. The van der Waals surface area contributed by atoms with Crippen molar-refractivity contribution < 1.29 is 14.7 Å². The van der Waals surface area contributed by atoms with Crippen molar-refractivity contribution in [3.8, 4) is 11.8 Å². The Morgan fingerprint density at radius 3 is 2.93 bits per heavy atom. The molecular formula is C12H10O3. The molecule has 3 nitrogen and oxygen atoms in total. The summed E-state index contributed by atoms with van der Waals surface area (Å²) in [7, 11) is 0. The van der Waals surface area contributed by atoms with Crippen LogP contribution in [-0.2, 0) is 16.0 Å². The van der Waals surface area contributed by atoms with Crippen molar-refractivity contribution in [1.29, 1.82) is 0 Å². The van der Waals surface area contributed by atoms with E-state index >= 15 is 0 Å². The first kappa shape index (κ1) is 11.0.